The molecule has 0 spiro atoms. The summed E-state index contributed by atoms with van der Waals surface area (Å²) in [6.45, 7) is 0. The molecule has 0 saturated heterocycles. The van der Waals surface area contributed by atoms with E-state index in [0.717, 1.165) is 77.6 Å². The molecule has 5 nitrogen and oxygen atoms in total. The summed E-state index contributed by atoms with van der Waals surface area (Å²) in [5, 5.41) is 4.54. The van der Waals surface area contributed by atoms with Gasteiger partial charge in [-0.1, -0.05) is 164 Å². The Bertz CT molecular complexity index is 3180. The second-order valence-corrected chi connectivity index (χ2v) is 14.0. The van der Waals surface area contributed by atoms with Gasteiger partial charge in [-0.15, -0.1) is 0 Å². The zero-order valence-electron chi connectivity index (χ0n) is 30.2. The quantitative estimate of drug-likeness (QED) is 0.172. The van der Waals surface area contributed by atoms with E-state index in [1.54, 1.807) is 0 Å². The van der Waals surface area contributed by atoms with Gasteiger partial charge in [-0.2, -0.15) is 0 Å². The van der Waals surface area contributed by atoms with Gasteiger partial charge in [-0.25, -0.2) is 15.0 Å². The summed E-state index contributed by atoms with van der Waals surface area (Å²) >= 11 is 0. The van der Waals surface area contributed by atoms with E-state index >= 15 is 0 Å². The van der Waals surface area contributed by atoms with Crippen LogP contribution >= 0.6 is 0 Å². The molecule has 0 unspecified atom stereocenters. The van der Waals surface area contributed by atoms with Crippen LogP contribution in [-0.4, -0.2) is 19.5 Å². The Hall–Kier alpha value is -7.63. The van der Waals surface area contributed by atoms with Crippen LogP contribution in [0, 0.1) is 0 Å². The van der Waals surface area contributed by atoms with E-state index in [-0.39, 0.29) is 0 Å². The molecule has 3 heterocycles. The summed E-state index contributed by atoms with van der Waals surface area (Å²) in [6.07, 6.45) is 0. The topological polar surface area (TPSA) is 56.7 Å². The Morgan fingerprint density at radius 2 is 0.821 bits per heavy atom. The molecule has 0 atom stereocenters. The third kappa shape index (κ3) is 5.29. The fraction of sp³-hybridized carbons (Fsp3) is 0. The lowest BCUT2D eigenvalue weighted by Gasteiger charge is -2.15. The lowest BCUT2D eigenvalue weighted by molar-refractivity contribution is 0.670. The molecule has 0 N–H and O–H groups in total. The molecule has 0 aliphatic rings. The van der Waals surface area contributed by atoms with Crippen molar-refractivity contribution in [3.8, 4) is 62.1 Å². The maximum absolute atomic E-state index is 6.75. The van der Waals surface area contributed by atoms with Gasteiger partial charge in [0.2, 0.25) is 0 Å². The summed E-state index contributed by atoms with van der Waals surface area (Å²) in [5.41, 5.74) is 11.9. The van der Waals surface area contributed by atoms with Crippen LogP contribution in [0.3, 0.4) is 0 Å². The van der Waals surface area contributed by atoms with Crippen molar-refractivity contribution in [3.63, 3.8) is 0 Å². The Morgan fingerprint density at radius 3 is 1.50 bits per heavy atom. The smallest absolute Gasteiger partial charge is 0.164 e. The minimum absolute atomic E-state index is 0.586. The Labute approximate surface area is 322 Å². The average molecular weight is 717 g/mol. The largest absolute Gasteiger partial charge is 0.455 e. The van der Waals surface area contributed by atoms with E-state index in [1.807, 2.05) is 54.6 Å². The van der Waals surface area contributed by atoms with Crippen LogP contribution < -0.4 is 0 Å². The number of fused-ring (bicyclic) bond motifs is 6. The van der Waals surface area contributed by atoms with Gasteiger partial charge in [0.05, 0.1) is 11.0 Å². The molecular weight excluding hydrogens is 685 g/mol. The van der Waals surface area contributed by atoms with Gasteiger partial charge in [0.1, 0.15) is 11.2 Å². The van der Waals surface area contributed by atoms with Crippen molar-refractivity contribution in [1.29, 1.82) is 0 Å². The zero-order chi connectivity index (χ0) is 37.0. The van der Waals surface area contributed by atoms with Gasteiger partial charge in [0, 0.05) is 49.5 Å². The fourth-order valence-electron chi connectivity index (χ4n) is 8.04. The van der Waals surface area contributed by atoms with Gasteiger partial charge in [0.25, 0.3) is 0 Å². The lowest BCUT2D eigenvalue weighted by atomic mass is 9.96. The van der Waals surface area contributed by atoms with E-state index in [0.29, 0.717) is 17.5 Å². The summed E-state index contributed by atoms with van der Waals surface area (Å²) in [5.74, 6) is 1.81. The van der Waals surface area contributed by atoms with Crippen molar-refractivity contribution in [3.05, 3.63) is 194 Å². The molecule has 0 amide bonds. The molecule has 0 bridgehead atoms. The van der Waals surface area contributed by atoms with Crippen molar-refractivity contribution in [1.82, 2.24) is 19.5 Å². The number of nitrogens with zero attached hydrogens (tertiary/aromatic N) is 4. The van der Waals surface area contributed by atoms with Gasteiger partial charge < -0.3 is 8.98 Å². The second-order valence-electron chi connectivity index (χ2n) is 14.0. The van der Waals surface area contributed by atoms with Crippen molar-refractivity contribution in [2.75, 3.05) is 0 Å². The van der Waals surface area contributed by atoms with Gasteiger partial charge in [-0.3, -0.25) is 0 Å². The highest BCUT2D eigenvalue weighted by Crippen LogP contribution is 2.43. The van der Waals surface area contributed by atoms with E-state index in [1.165, 1.54) is 10.8 Å². The predicted octanol–water partition coefficient (Wildman–Crippen LogP) is 13.2. The van der Waals surface area contributed by atoms with Gasteiger partial charge >= 0.3 is 0 Å². The zero-order valence-corrected chi connectivity index (χ0v) is 30.2. The maximum Gasteiger partial charge on any atom is 0.164 e. The molecule has 0 aliphatic heterocycles. The Morgan fingerprint density at radius 1 is 0.339 bits per heavy atom. The molecule has 56 heavy (non-hydrogen) atoms. The molecule has 0 aliphatic carbocycles. The van der Waals surface area contributed by atoms with Crippen LogP contribution in [0.15, 0.2) is 199 Å². The summed E-state index contributed by atoms with van der Waals surface area (Å²) in [7, 11) is 0. The molecule has 0 radical (unpaired) electrons. The molecule has 8 aromatic carbocycles. The first kappa shape index (κ1) is 31.9. The van der Waals surface area contributed by atoms with Crippen LogP contribution in [0.25, 0.3) is 106 Å². The van der Waals surface area contributed by atoms with Crippen molar-refractivity contribution < 1.29 is 4.42 Å². The number of hydrogen-bond acceptors (Lipinski definition) is 4. The third-order valence-corrected chi connectivity index (χ3v) is 10.7. The first-order valence-electron chi connectivity index (χ1n) is 18.8. The van der Waals surface area contributed by atoms with Crippen molar-refractivity contribution >= 4 is 43.7 Å². The molecule has 3 aromatic heterocycles. The van der Waals surface area contributed by atoms with E-state index in [9.17, 15) is 0 Å². The monoisotopic (exact) mass is 716 g/mol. The number of rotatable bonds is 6. The molecule has 262 valence electrons. The summed E-state index contributed by atoms with van der Waals surface area (Å²) in [6, 6.07) is 67.3. The number of aromatic nitrogens is 4. The van der Waals surface area contributed by atoms with Crippen molar-refractivity contribution in [2.45, 2.75) is 0 Å². The number of hydrogen-bond donors (Lipinski definition) is 0. The molecule has 0 saturated carbocycles. The van der Waals surface area contributed by atoms with Crippen LogP contribution in [0.2, 0.25) is 0 Å². The fourth-order valence-corrected chi connectivity index (χ4v) is 8.04. The molecular formula is C51H32N4O. The van der Waals surface area contributed by atoms with E-state index < -0.39 is 0 Å². The average Bonchev–Trinajstić information content (AvgIpc) is 3.82. The molecule has 5 heteroatoms. The first-order chi connectivity index (χ1) is 27.8. The van der Waals surface area contributed by atoms with Crippen molar-refractivity contribution in [2.24, 2.45) is 0 Å². The maximum atomic E-state index is 6.75. The Kier molecular flexibility index (Phi) is 7.42. The van der Waals surface area contributed by atoms with E-state index in [4.69, 9.17) is 19.4 Å². The summed E-state index contributed by atoms with van der Waals surface area (Å²) < 4.78 is 9.11. The standard InChI is InChI=1S/C51H32N4O/c1-3-15-33(16-4-1)34-27-29-36(30-28-34)50-52-49(35-17-5-2-6-18-35)53-51(54-50)42-23-8-7-19-38(42)43-31-37(32-44-41-22-11-14-26-47(41)56-48(43)44)55-45-24-12-9-20-39(45)40-21-10-13-25-46(40)55/h1-32H. The SMILES string of the molecule is c1ccc(-c2ccc(-c3nc(-c4ccccc4)nc(-c4ccccc4-c4cc(-n5c6ccccc6c6ccccc65)cc5c4oc4ccccc45)n3)cc2)cc1. The molecule has 11 aromatic rings. The summed E-state index contributed by atoms with van der Waals surface area (Å²) in [4.78, 5) is 15.4. The first-order valence-corrected chi connectivity index (χ1v) is 18.8. The van der Waals surface area contributed by atoms with Gasteiger partial charge in [-0.05, 0) is 47.0 Å². The highest BCUT2D eigenvalue weighted by Gasteiger charge is 2.22. The third-order valence-electron chi connectivity index (χ3n) is 10.7. The number of furan rings is 1. The lowest BCUT2D eigenvalue weighted by Crippen LogP contribution is -2.01. The highest BCUT2D eigenvalue weighted by molar-refractivity contribution is 6.13. The van der Waals surface area contributed by atoms with Gasteiger partial charge in [0.15, 0.2) is 17.5 Å². The van der Waals surface area contributed by atoms with E-state index in [2.05, 4.69) is 144 Å². The highest BCUT2D eigenvalue weighted by atomic mass is 16.3. The molecule has 0 fully saturated rings. The Balaban J connectivity index is 1.15. The van der Waals surface area contributed by atoms with Crippen LogP contribution in [0.4, 0.5) is 0 Å². The number of para-hydroxylation sites is 3. The number of benzene rings is 8. The molecule has 11 rings (SSSR count). The minimum Gasteiger partial charge on any atom is -0.455 e. The van der Waals surface area contributed by atoms with Crippen LogP contribution in [0.5, 0.6) is 0 Å². The second kappa shape index (κ2) is 13.0. The van der Waals surface area contributed by atoms with Crippen LogP contribution in [0.1, 0.15) is 0 Å². The minimum atomic E-state index is 0.586. The normalized spacial score (nSPS) is 11.6. The van der Waals surface area contributed by atoms with Crippen LogP contribution in [-0.2, 0) is 0 Å². The predicted molar refractivity (Wildman–Crippen MR) is 229 cm³/mol.